The van der Waals surface area contributed by atoms with Gasteiger partial charge in [-0.1, -0.05) is 0 Å². The number of hydrogen-bond acceptors (Lipinski definition) is 5. The van der Waals surface area contributed by atoms with Gasteiger partial charge in [0.25, 0.3) is 0 Å². The molecule has 0 saturated heterocycles. The Balaban J connectivity index is 3.15. The molecule has 1 rings (SSSR count). The summed E-state index contributed by atoms with van der Waals surface area (Å²) in [6.07, 6.45) is 0. The molecule has 0 aliphatic heterocycles. The Morgan fingerprint density at radius 2 is 1.82 bits per heavy atom. The van der Waals surface area contributed by atoms with Gasteiger partial charge in [-0.15, -0.1) is 0 Å². The van der Waals surface area contributed by atoms with E-state index in [9.17, 15) is 4.57 Å². The second-order valence-electron chi connectivity index (χ2n) is 3.26. The molecule has 0 amide bonds. The number of hydrogen-bond donors (Lipinski definition) is 1. The minimum Gasteiger partial charge on any atom is -0.497 e. The summed E-state index contributed by atoms with van der Waals surface area (Å²) >= 11 is 0. The van der Waals surface area contributed by atoms with Gasteiger partial charge in [-0.3, -0.25) is 4.57 Å². The predicted octanol–water partition coefficient (Wildman–Crippen LogP) is 2.17. The molecule has 2 N–H and O–H groups in total. The summed E-state index contributed by atoms with van der Waals surface area (Å²) in [6.45, 7) is 4.10. The van der Waals surface area contributed by atoms with Gasteiger partial charge in [0.15, 0.2) is 0 Å². The number of ether oxygens (including phenoxy) is 1. The quantitative estimate of drug-likeness (QED) is 0.626. The fourth-order valence-electron chi connectivity index (χ4n) is 1.43. The van der Waals surface area contributed by atoms with E-state index in [1.807, 2.05) is 0 Å². The lowest BCUT2D eigenvalue weighted by molar-refractivity contribution is 0.230. The van der Waals surface area contributed by atoms with E-state index in [1.54, 1.807) is 39.2 Å². The number of benzene rings is 1. The molecule has 1 aromatic rings. The first kappa shape index (κ1) is 14.0. The van der Waals surface area contributed by atoms with Crippen molar-refractivity contribution in [2.75, 3.05) is 26.1 Å². The molecule has 1 aromatic carbocycles. The number of nitrogen functional groups attached to an aromatic ring is 1. The maximum absolute atomic E-state index is 12.5. The summed E-state index contributed by atoms with van der Waals surface area (Å²) in [4.78, 5) is 0. The second-order valence-corrected chi connectivity index (χ2v) is 5.25. The Morgan fingerprint density at radius 3 is 2.24 bits per heavy atom. The SMILES string of the molecule is CCOP(=O)(OCC)c1ccc(OC)cc1N. The van der Waals surface area contributed by atoms with Gasteiger partial charge in [-0.05, 0) is 26.0 Å². The Hall–Kier alpha value is -1.03. The van der Waals surface area contributed by atoms with Crippen LogP contribution >= 0.6 is 7.60 Å². The predicted molar refractivity (Wildman–Crippen MR) is 67.9 cm³/mol. The largest absolute Gasteiger partial charge is 0.497 e. The third-order valence-corrected chi connectivity index (χ3v) is 4.32. The third-order valence-electron chi connectivity index (χ3n) is 2.13. The zero-order valence-corrected chi connectivity index (χ0v) is 11.2. The van der Waals surface area contributed by atoms with E-state index < -0.39 is 7.60 Å². The van der Waals surface area contributed by atoms with Gasteiger partial charge in [0.2, 0.25) is 0 Å². The monoisotopic (exact) mass is 259 g/mol. The molecule has 0 aliphatic carbocycles. The highest BCUT2D eigenvalue weighted by Gasteiger charge is 2.29. The van der Waals surface area contributed by atoms with E-state index in [0.29, 0.717) is 30.0 Å². The summed E-state index contributed by atoms with van der Waals surface area (Å²) in [7, 11) is -1.78. The molecule has 0 heterocycles. The van der Waals surface area contributed by atoms with Crippen molar-refractivity contribution in [2.45, 2.75) is 13.8 Å². The normalized spacial score (nSPS) is 11.5. The van der Waals surface area contributed by atoms with Gasteiger partial charge >= 0.3 is 7.60 Å². The zero-order chi connectivity index (χ0) is 12.9. The van der Waals surface area contributed by atoms with Crippen molar-refractivity contribution in [1.29, 1.82) is 0 Å². The Labute approximate surface area is 101 Å². The summed E-state index contributed by atoms with van der Waals surface area (Å²) in [5, 5.41) is 0.377. The van der Waals surface area contributed by atoms with Crippen LogP contribution in [0.3, 0.4) is 0 Å². The van der Waals surface area contributed by atoms with E-state index >= 15 is 0 Å². The van der Waals surface area contributed by atoms with Crippen molar-refractivity contribution < 1.29 is 18.3 Å². The van der Waals surface area contributed by atoms with Crippen LogP contribution in [-0.2, 0) is 13.6 Å². The van der Waals surface area contributed by atoms with E-state index in [-0.39, 0.29) is 0 Å². The lowest BCUT2D eigenvalue weighted by Crippen LogP contribution is -2.15. The molecular formula is C11H18NO4P. The molecule has 6 heteroatoms. The maximum Gasteiger partial charge on any atom is 0.363 e. The lowest BCUT2D eigenvalue weighted by Gasteiger charge is -2.18. The number of rotatable bonds is 6. The average Bonchev–Trinajstić information content (AvgIpc) is 2.29. The first-order chi connectivity index (χ1) is 8.07. The zero-order valence-electron chi connectivity index (χ0n) is 10.3. The van der Waals surface area contributed by atoms with Crippen molar-refractivity contribution in [2.24, 2.45) is 0 Å². The van der Waals surface area contributed by atoms with Crippen LogP contribution in [-0.4, -0.2) is 20.3 Å². The molecule has 0 aliphatic rings. The van der Waals surface area contributed by atoms with Crippen LogP contribution in [0.4, 0.5) is 5.69 Å². The highest BCUT2D eigenvalue weighted by atomic mass is 31.2. The van der Waals surface area contributed by atoms with Crippen LogP contribution in [0.1, 0.15) is 13.8 Å². The topological polar surface area (TPSA) is 70.8 Å². The summed E-state index contributed by atoms with van der Waals surface area (Å²) < 4.78 is 27.9. The van der Waals surface area contributed by atoms with Crippen molar-refractivity contribution in [3.05, 3.63) is 18.2 Å². The van der Waals surface area contributed by atoms with Crippen LogP contribution in [0.2, 0.25) is 0 Å². The first-order valence-corrected chi connectivity index (χ1v) is 6.94. The molecule has 0 radical (unpaired) electrons. The first-order valence-electron chi connectivity index (χ1n) is 5.40. The van der Waals surface area contributed by atoms with Gasteiger partial charge in [-0.2, -0.15) is 0 Å². The lowest BCUT2D eigenvalue weighted by atomic mass is 10.3. The summed E-state index contributed by atoms with van der Waals surface area (Å²) in [5.41, 5.74) is 6.17. The van der Waals surface area contributed by atoms with E-state index in [0.717, 1.165) is 0 Å². The highest BCUT2D eigenvalue weighted by Crippen LogP contribution is 2.48. The summed E-state index contributed by atoms with van der Waals surface area (Å²) in [6, 6.07) is 4.89. The Kier molecular flexibility index (Phi) is 5.00. The molecule has 5 nitrogen and oxygen atoms in total. The fourth-order valence-corrected chi connectivity index (χ4v) is 3.10. The molecule has 0 unspecified atom stereocenters. The van der Waals surface area contributed by atoms with Gasteiger partial charge in [0.1, 0.15) is 5.75 Å². The van der Waals surface area contributed by atoms with Gasteiger partial charge in [0.05, 0.1) is 31.3 Å². The van der Waals surface area contributed by atoms with Crippen LogP contribution in [0.25, 0.3) is 0 Å². The molecule has 17 heavy (non-hydrogen) atoms. The van der Waals surface area contributed by atoms with Gasteiger partial charge < -0.3 is 19.5 Å². The highest BCUT2D eigenvalue weighted by molar-refractivity contribution is 7.62. The Morgan fingerprint density at radius 1 is 1.24 bits per heavy atom. The molecule has 96 valence electrons. The molecule has 0 atom stereocenters. The second kappa shape index (κ2) is 6.05. The average molecular weight is 259 g/mol. The van der Waals surface area contributed by atoms with E-state index in [2.05, 4.69) is 0 Å². The van der Waals surface area contributed by atoms with E-state index in [1.165, 1.54) is 0 Å². The smallest absolute Gasteiger partial charge is 0.363 e. The molecule has 0 aromatic heterocycles. The minimum absolute atomic E-state index is 0.294. The molecule has 0 saturated carbocycles. The molecular weight excluding hydrogens is 241 g/mol. The van der Waals surface area contributed by atoms with Crippen LogP contribution in [0, 0.1) is 0 Å². The molecule has 0 fully saturated rings. The molecule has 0 bridgehead atoms. The third kappa shape index (κ3) is 3.22. The van der Waals surface area contributed by atoms with Crippen LogP contribution in [0.15, 0.2) is 18.2 Å². The van der Waals surface area contributed by atoms with Crippen molar-refractivity contribution in [3.8, 4) is 5.75 Å². The maximum atomic E-state index is 12.5. The van der Waals surface area contributed by atoms with Crippen LogP contribution in [0.5, 0.6) is 5.75 Å². The number of methoxy groups -OCH3 is 1. The fraction of sp³-hybridized carbons (Fsp3) is 0.455. The molecule has 0 spiro atoms. The van der Waals surface area contributed by atoms with Crippen molar-refractivity contribution >= 4 is 18.6 Å². The Bertz CT molecular complexity index is 412. The summed E-state index contributed by atoms with van der Waals surface area (Å²) in [5.74, 6) is 0.603. The standard InChI is InChI=1S/C11H18NO4P/c1-4-15-17(13,16-5-2)11-7-6-9(14-3)8-10(11)12/h6-8H,4-5,12H2,1-3H3. The van der Waals surface area contributed by atoms with Crippen molar-refractivity contribution in [3.63, 3.8) is 0 Å². The van der Waals surface area contributed by atoms with Gasteiger partial charge in [0, 0.05) is 6.07 Å². The minimum atomic E-state index is -3.32. The van der Waals surface area contributed by atoms with Gasteiger partial charge in [-0.25, -0.2) is 0 Å². The number of nitrogens with two attached hydrogens (primary N) is 1. The van der Waals surface area contributed by atoms with Crippen molar-refractivity contribution in [1.82, 2.24) is 0 Å². The van der Waals surface area contributed by atoms with Crippen LogP contribution < -0.4 is 15.8 Å². The number of anilines is 1. The van der Waals surface area contributed by atoms with E-state index in [4.69, 9.17) is 19.5 Å².